The summed E-state index contributed by atoms with van der Waals surface area (Å²) >= 11 is 11.7. The molecule has 0 bridgehead atoms. The predicted molar refractivity (Wildman–Crippen MR) is 103 cm³/mol. The van der Waals surface area contributed by atoms with Gasteiger partial charge >= 0.3 is 0 Å². The van der Waals surface area contributed by atoms with E-state index in [4.69, 9.17) is 23.2 Å². The fraction of sp³-hybridized carbons (Fsp3) is 0.0667. The number of sulfonamides is 2. The highest BCUT2D eigenvalue weighted by Crippen LogP contribution is 2.27. The van der Waals surface area contributed by atoms with E-state index in [9.17, 15) is 16.8 Å². The van der Waals surface area contributed by atoms with Gasteiger partial charge in [-0.3, -0.25) is 9.44 Å². The van der Waals surface area contributed by atoms with Crippen LogP contribution in [0.25, 0.3) is 6.08 Å². The molecule has 0 saturated heterocycles. The van der Waals surface area contributed by atoms with Crippen molar-refractivity contribution in [2.75, 3.05) is 15.7 Å². The summed E-state index contributed by atoms with van der Waals surface area (Å²) in [5, 5.41) is 1.62. The molecule has 6 nitrogen and oxygen atoms in total. The van der Waals surface area contributed by atoms with Crippen molar-refractivity contribution in [3.63, 3.8) is 0 Å². The standard InChI is InChI=1S/C15H14Cl2N2O4S2/c1-24(20,21)19-15-7-6-13(10-14(15)17)18-25(22,23)9-8-11-2-4-12(16)5-3-11/h2-10,18-19H,1H3/b9-8+. The van der Waals surface area contributed by atoms with E-state index in [1.54, 1.807) is 24.3 Å². The summed E-state index contributed by atoms with van der Waals surface area (Å²) in [6.07, 6.45) is 2.40. The molecule has 0 aliphatic rings. The fourth-order valence-electron chi connectivity index (χ4n) is 1.80. The molecule has 0 heterocycles. The lowest BCUT2D eigenvalue weighted by molar-refractivity contribution is 0.606. The molecule has 134 valence electrons. The fourth-order valence-corrected chi connectivity index (χ4v) is 3.65. The van der Waals surface area contributed by atoms with E-state index in [2.05, 4.69) is 9.44 Å². The van der Waals surface area contributed by atoms with Gasteiger partial charge in [0.15, 0.2) is 0 Å². The van der Waals surface area contributed by atoms with E-state index in [1.807, 2.05) is 0 Å². The lowest BCUT2D eigenvalue weighted by Gasteiger charge is -2.09. The Kier molecular flexibility index (Phi) is 5.99. The van der Waals surface area contributed by atoms with Gasteiger partial charge in [0.1, 0.15) is 0 Å². The highest BCUT2D eigenvalue weighted by atomic mass is 35.5. The zero-order chi connectivity index (χ0) is 18.7. The number of anilines is 2. The molecule has 0 spiro atoms. The van der Waals surface area contributed by atoms with Gasteiger partial charge in [0.2, 0.25) is 10.0 Å². The molecule has 0 unspecified atom stereocenters. The van der Waals surface area contributed by atoms with Crippen molar-refractivity contribution in [1.29, 1.82) is 0 Å². The third kappa shape index (κ3) is 6.58. The molecule has 0 atom stereocenters. The topological polar surface area (TPSA) is 92.3 Å². The van der Waals surface area contributed by atoms with Crippen molar-refractivity contribution >= 4 is 60.7 Å². The second-order valence-corrected chi connectivity index (χ2v) is 9.23. The first-order chi connectivity index (χ1) is 11.5. The third-order valence-corrected chi connectivity index (χ3v) is 5.00. The SMILES string of the molecule is CS(=O)(=O)Nc1ccc(NS(=O)(=O)/C=C/c2ccc(Cl)cc2)cc1Cl. The quantitative estimate of drug-likeness (QED) is 0.743. The zero-order valence-electron chi connectivity index (χ0n) is 12.9. The summed E-state index contributed by atoms with van der Waals surface area (Å²) in [5.74, 6) is 0. The number of halogens is 2. The van der Waals surface area contributed by atoms with E-state index < -0.39 is 20.0 Å². The van der Waals surface area contributed by atoms with E-state index in [-0.39, 0.29) is 16.4 Å². The molecule has 2 aromatic carbocycles. The summed E-state index contributed by atoms with van der Waals surface area (Å²) in [4.78, 5) is 0. The van der Waals surface area contributed by atoms with Crippen LogP contribution in [0.3, 0.4) is 0 Å². The Labute approximate surface area is 156 Å². The first kappa shape index (κ1) is 19.6. The third-order valence-electron chi connectivity index (χ3n) is 2.83. The maximum absolute atomic E-state index is 12.1. The highest BCUT2D eigenvalue weighted by molar-refractivity contribution is 7.95. The number of benzene rings is 2. The predicted octanol–water partition coefficient (Wildman–Crippen LogP) is 3.78. The molecule has 0 aromatic heterocycles. The maximum atomic E-state index is 12.1. The summed E-state index contributed by atoms with van der Waals surface area (Å²) in [6.45, 7) is 0. The van der Waals surface area contributed by atoms with Crippen LogP contribution in [-0.2, 0) is 20.0 Å². The van der Waals surface area contributed by atoms with Crippen molar-refractivity contribution in [3.05, 3.63) is 63.5 Å². The smallest absolute Gasteiger partial charge is 0.255 e. The Morgan fingerprint density at radius 2 is 1.56 bits per heavy atom. The first-order valence-corrected chi connectivity index (χ1v) is 11.0. The molecule has 25 heavy (non-hydrogen) atoms. The van der Waals surface area contributed by atoms with Gasteiger partial charge in [-0.15, -0.1) is 0 Å². The molecule has 2 aromatic rings. The Bertz CT molecular complexity index is 1000. The molecule has 0 amide bonds. The molecule has 10 heteroatoms. The van der Waals surface area contributed by atoms with E-state index in [0.29, 0.717) is 10.6 Å². The minimum atomic E-state index is -3.77. The van der Waals surface area contributed by atoms with Crippen molar-refractivity contribution < 1.29 is 16.8 Å². The zero-order valence-corrected chi connectivity index (χ0v) is 16.0. The van der Waals surface area contributed by atoms with Gasteiger partial charge < -0.3 is 0 Å². The highest BCUT2D eigenvalue weighted by Gasteiger charge is 2.10. The largest absolute Gasteiger partial charge is 0.282 e. The van der Waals surface area contributed by atoms with Crippen LogP contribution in [0.5, 0.6) is 0 Å². The van der Waals surface area contributed by atoms with Crippen LogP contribution >= 0.6 is 23.2 Å². The molecule has 2 rings (SSSR count). The van der Waals surface area contributed by atoms with Crippen molar-refractivity contribution in [3.8, 4) is 0 Å². The molecular formula is C15H14Cl2N2O4S2. The van der Waals surface area contributed by atoms with Crippen LogP contribution in [0.2, 0.25) is 10.0 Å². The van der Waals surface area contributed by atoms with Crippen molar-refractivity contribution in [2.45, 2.75) is 0 Å². The molecule has 0 fully saturated rings. The Balaban J connectivity index is 2.14. The van der Waals surface area contributed by atoms with Crippen LogP contribution in [0.4, 0.5) is 11.4 Å². The molecule has 2 N–H and O–H groups in total. The van der Waals surface area contributed by atoms with Gasteiger partial charge in [-0.2, -0.15) is 0 Å². The van der Waals surface area contributed by atoms with Crippen LogP contribution in [0.1, 0.15) is 5.56 Å². The number of hydrogen-bond donors (Lipinski definition) is 2. The summed E-state index contributed by atoms with van der Waals surface area (Å²) < 4.78 is 51.1. The molecule has 0 radical (unpaired) electrons. The average molecular weight is 421 g/mol. The van der Waals surface area contributed by atoms with Crippen molar-refractivity contribution in [1.82, 2.24) is 0 Å². The van der Waals surface area contributed by atoms with Crippen LogP contribution in [0, 0.1) is 0 Å². The van der Waals surface area contributed by atoms with E-state index in [1.165, 1.54) is 24.3 Å². The Morgan fingerprint density at radius 1 is 0.920 bits per heavy atom. The lowest BCUT2D eigenvalue weighted by atomic mass is 10.2. The van der Waals surface area contributed by atoms with E-state index >= 15 is 0 Å². The molecule has 0 saturated carbocycles. The number of hydrogen-bond acceptors (Lipinski definition) is 4. The second kappa shape index (κ2) is 7.65. The van der Waals surface area contributed by atoms with Crippen LogP contribution in [-0.4, -0.2) is 23.1 Å². The molecule has 0 aliphatic carbocycles. The Morgan fingerprint density at radius 3 is 2.12 bits per heavy atom. The average Bonchev–Trinajstić information content (AvgIpc) is 2.48. The Hall–Kier alpha value is -1.74. The van der Waals surface area contributed by atoms with Gasteiger partial charge in [-0.25, -0.2) is 16.8 Å². The maximum Gasteiger partial charge on any atom is 0.255 e. The monoisotopic (exact) mass is 420 g/mol. The summed E-state index contributed by atoms with van der Waals surface area (Å²) in [5.41, 5.74) is 1.02. The van der Waals surface area contributed by atoms with Gasteiger partial charge in [0.25, 0.3) is 10.0 Å². The summed E-state index contributed by atoms with van der Waals surface area (Å²) in [7, 11) is -7.25. The first-order valence-electron chi connectivity index (χ1n) is 6.78. The van der Waals surface area contributed by atoms with Gasteiger partial charge in [-0.05, 0) is 42.0 Å². The minimum Gasteiger partial charge on any atom is -0.282 e. The van der Waals surface area contributed by atoms with Gasteiger partial charge in [-0.1, -0.05) is 35.3 Å². The normalized spacial score (nSPS) is 12.3. The molecule has 0 aliphatic heterocycles. The number of rotatable bonds is 6. The summed E-state index contributed by atoms with van der Waals surface area (Å²) in [6, 6.07) is 10.7. The second-order valence-electron chi connectivity index (χ2n) is 5.07. The van der Waals surface area contributed by atoms with Gasteiger partial charge in [0, 0.05) is 5.02 Å². The lowest BCUT2D eigenvalue weighted by Crippen LogP contribution is -2.11. The van der Waals surface area contributed by atoms with E-state index in [0.717, 1.165) is 11.7 Å². The number of nitrogens with one attached hydrogen (secondary N) is 2. The molecular weight excluding hydrogens is 407 g/mol. The van der Waals surface area contributed by atoms with Crippen LogP contribution in [0.15, 0.2) is 47.9 Å². The van der Waals surface area contributed by atoms with Crippen LogP contribution < -0.4 is 9.44 Å². The van der Waals surface area contributed by atoms with Gasteiger partial charge in [0.05, 0.1) is 28.1 Å². The van der Waals surface area contributed by atoms with Crippen molar-refractivity contribution in [2.24, 2.45) is 0 Å². The minimum absolute atomic E-state index is 0.0623.